The van der Waals surface area contributed by atoms with Crippen molar-refractivity contribution >= 4 is 28.3 Å². The van der Waals surface area contributed by atoms with Gasteiger partial charge in [0, 0.05) is 6.92 Å². The Morgan fingerprint density at radius 3 is 2.87 bits per heavy atom. The number of carbonyl (C=O) groups excluding carboxylic acids is 1. The van der Waals surface area contributed by atoms with Crippen molar-refractivity contribution in [3.8, 4) is 17.2 Å². The SMILES string of the molecule is CC(=O)Oc1cccc(/C=c2\sc3nc([C@H]4COc5ccccc5O4)nn3c2=O)c1. The lowest BCUT2D eigenvalue weighted by atomic mass is 10.2. The van der Waals surface area contributed by atoms with Crippen LogP contribution in [0, 0.1) is 0 Å². The summed E-state index contributed by atoms with van der Waals surface area (Å²) in [6.45, 7) is 1.61. The highest BCUT2D eigenvalue weighted by Crippen LogP contribution is 2.35. The molecule has 2 aromatic heterocycles. The number of nitrogens with zero attached hydrogens (tertiary/aromatic N) is 3. The van der Waals surface area contributed by atoms with Crippen molar-refractivity contribution in [1.82, 2.24) is 14.6 Å². The lowest BCUT2D eigenvalue weighted by Crippen LogP contribution is -2.26. The molecule has 0 unspecified atom stereocenters. The van der Waals surface area contributed by atoms with Crippen LogP contribution in [0.15, 0.2) is 53.3 Å². The fraction of sp³-hybridized carbons (Fsp3) is 0.143. The molecule has 3 heterocycles. The number of hydrogen-bond acceptors (Lipinski definition) is 8. The van der Waals surface area contributed by atoms with E-state index in [1.807, 2.05) is 30.3 Å². The van der Waals surface area contributed by atoms with Gasteiger partial charge in [0.05, 0.1) is 4.53 Å². The number of benzene rings is 2. The second kappa shape index (κ2) is 7.27. The number of para-hydroxylation sites is 2. The molecule has 2 aromatic carbocycles. The molecule has 0 amide bonds. The van der Waals surface area contributed by atoms with Crippen LogP contribution in [0.4, 0.5) is 0 Å². The molecule has 0 aliphatic carbocycles. The maximum Gasteiger partial charge on any atom is 0.308 e. The third-order valence-corrected chi connectivity index (χ3v) is 5.37. The molecule has 0 saturated carbocycles. The van der Waals surface area contributed by atoms with Crippen molar-refractivity contribution in [3.63, 3.8) is 0 Å². The highest BCUT2D eigenvalue weighted by molar-refractivity contribution is 7.15. The summed E-state index contributed by atoms with van der Waals surface area (Å²) in [6, 6.07) is 14.3. The average molecular weight is 421 g/mol. The monoisotopic (exact) mass is 421 g/mol. The standard InChI is InChI=1S/C21H15N3O5S/c1-12(25)28-14-6-4-5-13(9-14)10-18-20(26)24-21(30-18)22-19(23-24)17-11-27-15-7-2-3-8-16(15)29-17/h2-10,17H,11H2,1H3/b18-10-/t17-/m1/s1. The molecular weight excluding hydrogens is 406 g/mol. The van der Waals surface area contributed by atoms with Crippen molar-refractivity contribution < 1.29 is 19.0 Å². The number of rotatable bonds is 3. The number of thiazole rings is 1. The third-order valence-electron chi connectivity index (χ3n) is 4.41. The van der Waals surface area contributed by atoms with Crippen molar-refractivity contribution in [1.29, 1.82) is 0 Å². The van der Waals surface area contributed by atoms with Gasteiger partial charge in [0.25, 0.3) is 5.56 Å². The third kappa shape index (κ3) is 3.39. The minimum atomic E-state index is -0.487. The van der Waals surface area contributed by atoms with Crippen LogP contribution in [0.25, 0.3) is 11.0 Å². The molecule has 0 N–H and O–H groups in total. The van der Waals surface area contributed by atoms with E-state index in [-0.39, 0.29) is 12.2 Å². The van der Waals surface area contributed by atoms with Gasteiger partial charge >= 0.3 is 5.97 Å². The summed E-state index contributed by atoms with van der Waals surface area (Å²) >= 11 is 1.23. The Balaban J connectivity index is 1.46. The van der Waals surface area contributed by atoms with Crippen LogP contribution in [-0.2, 0) is 4.79 Å². The highest BCUT2D eigenvalue weighted by Gasteiger charge is 2.27. The predicted octanol–water partition coefficient (Wildman–Crippen LogP) is 2.14. The molecule has 1 atom stereocenters. The average Bonchev–Trinajstić information content (AvgIpc) is 3.27. The summed E-state index contributed by atoms with van der Waals surface area (Å²) in [5, 5.41) is 4.34. The van der Waals surface area contributed by atoms with Crippen LogP contribution >= 0.6 is 11.3 Å². The molecule has 0 saturated heterocycles. The molecule has 5 rings (SSSR count). The Kier molecular flexibility index (Phi) is 4.44. The predicted molar refractivity (Wildman–Crippen MR) is 109 cm³/mol. The van der Waals surface area contributed by atoms with Gasteiger partial charge in [-0.1, -0.05) is 35.6 Å². The molecule has 30 heavy (non-hydrogen) atoms. The van der Waals surface area contributed by atoms with Gasteiger partial charge < -0.3 is 14.2 Å². The second-order valence-corrected chi connectivity index (χ2v) is 7.62. The molecule has 1 aliphatic rings. The smallest absolute Gasteiger partial charge is 0.308 e. The Labute approximate surface area is 174 Å². The van der Waals surface area contributed by atoms with Gasteiger partial charge in [0.15, 0.2) is 23.4 Å². The number of aromatic nitrogens is 3. The van der Waals surface area contributed by atoms with Crippen LogP contribution in [-0.4, -0.2) is 27.2 Å². The minimum absolute atomic E-state index is 0.269. The summed E-state index contributed by atoms with van der Waals surface area (Å²) < 4.78 is 18.5. The second-order valence-electron chi connectivity index (χ2n) is 6.61. The molecule has 0 fully saturated rings. The van der Waals surface area contributed by atoms with Gasteiger partial charge in [-0.3, -0.25) is 9.59 Å². The molecule has 0 bridgehead atoms. The largest absolute Gasteiger partial charge is 0.485 e. The topological polar surface area (TPSA) is 92.0 Å². The minimum Gasteiger partial charge on any atom is -0.485 e. The summed E-state index contributed by atoms with van der Waals surface area (Å²) in [5.74, 6) is 1.71. The molecule has 9 heteroatoms. The molecule has 150 valence electrons. The quantitative estimate of drug-likeness (QED) is 0.370. The van der Waals surface area contributed by atoms with E-state index in [2.05, 4.69) is 10.1 Å². The number of hydrogen-bond donors (Lipinski definition) is 0. The summed E-state index contributed by atoms with van der Waals surface area (Å²) in [6.07, 6.45) is 1.23. The molecule has 4 aromatic rings. The Hall–Kier alpha value is -3.72. The van der Waals surface area contributed by atoms with Crippen LogP contribution < -0.4 is 24.3 Å². The van der Waals surface area contributed by atoms with E-state index < -0.39 is 12.1 Å². The van der Waals surface area contributed by atoms with E-state index in [0.29, 0.717) is 32.6 Å². The lowest BCUT2D eigenvalue weighted by Gasteiger charge is -2.24. The molecule has 8 nitrogen and oxygen atoms in total. The van der Waals surface area contributed by atoms with E-state index in [9.17, 15) is 9.59 Å². The van der Waals surface area contributed by atoms with Crippen LogP contribution in [0.3, 0.4) is 0 Å². The fourth-order valence-electron chi connectivity index (χ4n) is 3.12. The van der Waals surface area contributed by atoms with Gasteiger partial charge in [-0.2, -0.15) is 9.50 Å². The first-order valence-electron chi connectivity index (χ1n) is 9.15. The molecular formula is C21H15N3O5S. The first kappa shape index (κ1) is 18.3. The van der Waals surface area contributed by atoms with Gasteiger partial charge in [-0.05, 0) is 35.9 Å². The van der Waals surface area contributed by atoms with Crippen molar-refractivity contribution in [2.45, 2.75) is 13.0 Å². The number of esters is 1. The van der Waals surface area contributed by atoms with E-state index in [4.69, 9.17) is 14.2 Å². The number of carbonyl (C=O) groups is 1. The number of fused-ring (bicyclic) bond motifs is 2. The normalized spacial score (nSPS) is 16.0. The zero-order valence-corrected chi connectivity index (χ0v) is 16.6. The van der Waals surface area contributed by atoms with Gasteiger partial charge in [-0.25, -0.2) is 0 Å². The molecule has 1 aliphatic heterocycles. The Morgan fingerprint density at radius 1 is 1.23 bits per heavy atom. The first-order chi connectivity index (χ1) is 14.6. The Bertz CT molecular complexity index is 1380. The van der Waals surface area contributed by atoms with Crippen molar-refractivity contribution in [3.05, 3.63) is 74.8 Å². The van der Waals surface area contributed by atoms with Crippen LogP contribution in [0.5, 0.6) is 17.2 Å². The zero-order valence-electron chi connectivity index (χ0n) is 15.8. The van der Waals surface area contributed by atoms with Crippen LogP contribution in [0.1, 0.15) is 24.4 Å². The van der Waals surface area contributed by atoms with E-state index in [1.54, 1.807) is 24.3 Å². The number of ether oxygens (including phenoxy) is 3. The fourth-order valence-corrected chi connectivity index (χ4v) is 4.03. The van der Waals surface area contributed by atoms with Crippen LogP contribution in [0.2, 0.25) is 0 Å². The van der Waals surface area contributed by atoms with Gasteiger partial charge in [0.1, 0.15) is 12.4 Å². The van der Waals surface area contributed by atoms with Gasteiger partial charge in [0.2, 0.25) is 4.96 Å². The van der Waals surface area contributed by atoms with E-state index in [1.165, 1.54) is 22.8 Å². The summed E-state index contributed by atoms with van der Waals surface area (Å²) in [7, 11) is 0. The zero-order chi connectivity index (χ0) is 20.7. The molecule has 0 radical (unpaired) electrons. The highest BCUT2D eigenvalue weighted by atomic mass is 32.1. The van der Waals surface area contributed by atoms with Crippen molar-refractivity contribution in [2.24, 2.45) is 0 Å². The first-order valence-corrected chi connectivity index (χ1v) is 9.96. The lowest BCUT2D eigenvalue weighted by molar-refractivity contribution is -0.131. The maximum absolute atomic E-state index is 12.8. The van der Waals surface area contributed by atoms with Crippen molar-refractivity contribution in [2.75, 3.05) is 6.61 Å². The van der Waals surface area contributed by atoms with E-state index in [0.717, 1.165) is 5.56 Å². The molecule has 0 spiro atoms. The Morgan fingerprint density at radius 2 is 2.07 bits per heavy atom. The maximum atomic E-state index is 12.8. The van der Waals surface area contributed by atoms with Gasteiger partial charge in [-0.15, -0.1) is 5.10 Å². The summed E-state index contributed by atoms with van der Waals surface area (Å²) in [4.78, 5) is 28.8. The summed E-state index contributed by atoms with van der Waals surface area (Å²) in [5.41, 5.74) is 0.458. The van der Waals surface area contributed by atoms with E-state index >= 15 is 0 Å².